The van der Waals surface area contributed by atoms with Crippen LogP contribution in [0.2, 0.25) is 0 Å². The number of rotatable bonds is 3. The normalized spacial score (nSPS) is 14.6. The maximum absolute atomic E-state index is 2.53. The van der Waals surface area contributed by atoms with Gasteiger partial charge in [-0.2, -0.15) is 0 Å². The van der Waals surface area contributed by atoms with Crippen LogP contribution < -0.4 is 0 Å². The Bertz CT molecular complexity index is 2970. The van der Waals surface area contributed by atoms with Crippen molar-refractivity contribution < 1.29 is 0 Å². The fourth-order valence-electron chi connectivity index (χ4n) is 10.3. The van der Waals surface area contributed by atoms with Crippen LogP contribution in [0.25, 0.3) is 88.0 Å². The number of benzene rings is 9. The fourth-order valence-corrected chi connectivity index (χ4v) is 10.3. The highest BCUT2D eigenvalue weighted by Crippen LogP contribution is 2.60. The second-order valence-electron chi connectivity index (χ2n) is 16.4. The van der Waals surface area contributed by atoms with Gasteiger partial charge in [0, 0.05) is 10.8 Å². The Kier molecular flexibility index (Phi) is 6.46. The predicted octanol–water partition coefficient (Wildman–Crippen LogP) is 14.8. The van der Waals surface area contributed by atoms with Crippen LogP contribution >= 0.6 is 0 Å². The second-order valence-corrected chi connectivity index (χ2v) is 16.4. The van der Waals surface area contributed by atoms with E-state index in [4.69, 9.17) is 0 Å². The maximum atomic E-state index is 2.53. The molecule has 0 aromatic heterocycles. The van der Waals surface area contributed by atoms with E-state index in [1.54, 1.807) is 0 Å². The van der Waals surface area contributed by atoms with Gasteiger partial charge >= 0.3 is 0 Å². The molecule has 0 amide bonds. The topological polar surface area (TPSA) is 0 Å². The van der Waals surface area contributed by atoms with E-state index >= 15 is 0 Å². The molecule has 0 bridgehead atoms. The summed E-state index contributed by atoms with van der Waals surface area (Å²) in [6.45, 7) is 9.65. The third-order valence-electron chi connectivity index (χ3n) is 12.8. The third kappa shape index (κ3) is 4.20. The lowest BCUT2D eigenvalue weighted by Gasteiger charge is -2.28. The van der Waals surface area contributed by atoms with Crippen LogP contribution in [-0.2, 0) is 10.8 Å². The lowest BCUT2D eigenvalue weighted by Crippen LogP contribution is -2.18. The summed E-state index contributed by atoms with van der Waals surface area (Å²) in [5.74, 6) is 0. The van der Waals surface area contributed by atoms with Gasteiger partial charge in [0.05, 0.1) is 0 Å². The van der Waals surface area contributed by atoms with Gasteiger partial charge in [-0.1, -0.05) is 185 Å². The molecule has 54 heavy (non-hydrogen) atoms. The fraction of sp³-hybridized carbons (Fsp3) is 0.111. The minimum absolute atomic E-state index is 0.0953. The van der Waals surface area contributed by atoms with Crippen LogP contribution in [0, 0.1) is 0 Å². The van der Waals surface area contributed by atoms with Gasteiger partial charge < -0.3 is 0 Å². The number of fused-ring (bicyclic) bond motifs is 9. The van der Waals surface area contributed by atoms with Gasteiger partial charge in [-0.15, -0.1) is 0 Å². The molecular weight excluding hydrogens is 649 g/mol. The molecule has 2 aliphatic rings. The lowest BCUT2D eigenvalue weighted by molar-refractivity contribution is 0.653. The van der Waals surface area contributed by atoms with Crippen molar-refractivity contribution in [2.45, 2.75) is 38.5 Å². The maximum Gasteiger partial charge on any atom is 0.0165 e. The van der Waals surface area contributed by atoms with E-state index in [1.807, 2.05) is 0 Å². The molecule has 0 saturated heterocycles. The van der Waals surface area contributed by atoms with Crippen LogP contribution in [-0.4, -0.2) is 0 Å². The first kappa shape index (κ1) is 31.3. The predicted molar refractivity (Wildman–Crippen MR) is 230 cm³/mol. The molecule has 2 aliphatic carbocycles. The third-order valence-corrected chi connectivity index (χ3v) is 12.8. The monoisotopic (exact) mass is 688 g/mol. The minimum atomic E-state index is -0.137. The molecule has 11 rings (SSSR count). The first-order valence-corrected chi connectivity index (χ1v) is 19.3. The first-order valence-electron chi connectivity index (χ1n) is 19.3. The van der Waals surface area contributed by atoms with Crippen LogP contribution in [0.15, 0.2) is 170 Å². The molecule has 0 atom stereocenters. The molecule has 0 radical (unpaired) electrons. The SMILES string of the molecule is CC1(C)c2ccccc2-c2c1cc1c(c2-c2ccc(-c3c4ccccc4c(-c4ccc5ccccc5c4)c4ccccc34)cc2)C(C)(C)c2ccccc2-1. The molecule has 256 valence electrons. The summed E-state index contributed by atoms with van der Waals surface area (Å²) in [4.78, 5) is 0. The van der Waals surface area contributed by atoms with E-state index in [1.165, 1.54) is 110 Å². The molecular formula is C54H40. The number of hydrogen-bond donors (Lipinski definition) is 0. The smallest absolute Gasteiger partial charge is 0.0165 e. The molecule has 0 N–H and O–H groups in total. The summed E-state index contributed by atoms with van der Waals surface area (Å²) in [5, 5.41) is 7.64. The van der Waals surface area contributed by atoms with Crippen LogP contribution in [0.3, 0.4) is 0 Å². The van der Waals surface area contributed by atoms with E-state index in [9.17, 15) is 0 Å². The average Bonchev–Trinajstić information content (AvgIpc) is 3.58. The zero-order chi connectivity index (χ0) is 36.3. The van der Waals surface area contributed by atoms with Crippen LogP contribution in [0.1, 0.15) is 49.9 Å². The summed E-state index contributed by atoms with van der Waals surface area (Å²) in [6, 6.07) is 63.8. The van der Waals surface area contributed by atoms with Crippen molar-refractivity contribution in [1.29, 1.82) is 0 Å². The van der Waals surface area contributed by atoms with Gasteiger partial charge in [-0.3, -0.25) is 0 Å². The summed E-state index contributed by atoms with van der Waals surface area (Å²) in [5.41, 5.74) is 18.7. The molecule has 0 aliphatic heterocycles. The molecule has 0 unspecified atom stereocenters. The van der Waals surface area contributed by atoms with E-state index in [0.29, 0.717) is 0 Å². The molecule has 0 heteroatoms. The molecule has 9 aromatic carbocycles. The Hall–Kier alpha value is -6.24. The van der Waals surface area contributed by atoms with E-state index in [0.717, 1.165) is 0 Å². The zero-order valence-electron chi connectivity index (χ0n) is 31.2. The van der Waals surface area contributed by atoms with Crippen molar-refractivity contribution in [3.05, 3.63) is 192 Å². The van der Waals surface area contributed by atoms with Gasteiger partial charge in [0.2, 0.25) is 0 Å². The van der Waals surface area contributed by atoms with Crippen LogP contribution in [0.5, 0.6) is 0 Å². The van der Waals surface area contributed by atoms with Crippen molar-refractivity contribution in [2.24, 2.45) is 0 Å². The highest BCUT2D eigenvalue weighted by Gasteiger charge is 2.44. The Balaban J connectivity index is 1.16. The van der Waals surface area contributed by atoms with Crippen molar-refractivity contribution in [3.8, 4) is 55.6 Å². The van der Waals surface area contributed by atoms with Crippen LogP contribution in [0.4, 0.5) is 0 Å². The summed E-state index contributed by atoms with van der Waals surface area (Å²) in [6.07, 6.45) is 0. The molecule has 0 heterocycles. The molecule has 0 saturated carbocycles. The summed E-state index contributed by atoms with van der Waals surface area (Å²) in [7, 11) is 0. The highest BCUT2D eigenvalue weighted by molar-refractivity contribution is 6.21. The average molecular weight is 689 g/mol. The molecule has 0 nitrogen and oxygen atoms in total. The lowest BCUT2D eigenvalue weighted by atomic mass is 9.75. The van der Waals surface area contributed by atoms with Gasteiger partial charge in [0.1, 0.15) is 0 Å². The summed E-state index contributed by atoms with van der Waals surface area (Å²) < 4.78 is 0. The van der Waals surface area contributed by atoms with Gasteiger partial charge in [-0.25, -0.2) is 0 Å². The standard InChI is InChI=1S/C54H40/c1-53(2)46-24-14-12-22-43(46)51-47(53)32-44-38-17-11-13-23-45(38)54(3,4)52(44)50(51)35-28-26-34(27-29-35)48-39-18-7-9-20-41(39)49(42-21-10-8-19-40(42)48)37-30-25-33-15-5-6-16-36(33)31-37/h5-32H,1-4H3. The Morgan fingerprint density at radius 1 is 0.296 bits per heavy atom. The van der Waals surface area contributed by atoms with Crippen molar-refractivity contribution in [2.75, 3.05) is 0 Å². The van der Waals surface area contributed by atoms with E-state index in [2.05, 4.69) is 198 Å². The molecule has 0 spiro atoms. The Morgan fingerprint density at radius 3 is 1.39 bits per heavy atom. The Labute approximate surface area is 317 Å². The van der Waals surface area contributed by atoms with Gasteiger partial charge in [0.15, 0.2) is 0 Å². The highest BCUT2D eigenvalue weighted by atomic mass is 14.5. The Morgan fingerprint density at radius 2 is 0.759 bits per heavy atom. The molecule has 9 aromatic rings. The second kappa shape index (κ2) is 11.1. The van der Waals surface area contributed by atoms with E-state index < -0.39 is 0 Å². The first-order chi connectivity index (χ1) is 26.3. The van der Waals surface area contributed by atoms with E-state index in [-0.39, 0.29) is 10.8 Å². The van der Waals surface area contributed by atoms with Crippen molar-refractivity contribution in [1.82, 2.24) is 0 Å². The van der Waals surface area contributed by atoms with Crippen molar-refractivity contribution in [3.63, 3.8) is 0 Å². The minimum Gasteiger partial charge on any atom is -0.0619 e. The van der Waals surface area contributed by atoms with Crippen molar-refractivity contribution >= 4 is 32.3 Å². The molecule has 0 fully saturated rings. The quantitative estimate of drug-likeness (QED) is 0.162. The number of hydrogen-bond acceptors (Lipinski definition) is 0. The zero-order valence-corrected chi connectivity index (χ0v) is 31.2. The van der Waals surface area contributed by atoms with Gasteiger partial charge in [-0.05, 0) is 122 Å². The summed E-state index contributed by atoms with van der Waals surface area (Å²) >= 11 is 0. The van der Waals surface area contributed by atoms with Gasteiger partial charge in [0.25, 0.3) is 0 Å². The largest absolute Gasteiger partial charge is 0.0619 e.